The van der Waals surface area contributed by atoms with Crippen LogP contribution in [0.3, 0.4) is 0 Å². The first-order chi connectivity index (χ1) is 33.3. The Hall–Kier alpha value is -6.37. The van der Waals surface area contributed by atoms with Crippen molar-refractivity contribution in [3.05, 3.63) is 183 Å². The lowest BCUT2D eigenvalue weighted by Crippen LogP contribution is -2.75. The van der Waals surface area contributed by atoms with Crippen LogP contribution < -0.4 is 26.4 Å². The van der Waals surface area contributed by atoms with Gasteiger partial charge in [-0.1, -0.05) is 99.6 Å². The minimum absolute atomic E-state index is 0.228. The second kappa shape index (κ2) is 19.7. The standard InChI is InChI=1S/C32H12BF24.C16H20N/c34-25(35,36)13-1-14(26(37,38)39)6-21(5-13)33(22-7-15(27(40,41)42)2-16(8-22)28(43,44)45,23-9-17(29(46,47)48)3-18(10-23)30(49,50)51)24-11-19(31(52,53)54)4-20(12-24)32(55,56)57;1-16(2,3)15-9-11-17(12-10-15)13-14-7-5-4-6-8-14/h1-12H;4-12H,13H2,1-3H3/q-1;+1. The van der Waals surface area contributed by atoms with Crippen LogP contribution in [0.15, 0.2) is 128 Å². The molecule has 0 bridgehead atoms. The van der Waals surface area contributed by atoms with Crippen LogP contribution in [0.25, 0.3) is 0 Å². The Bertz CT molecular complexity index is 2490. The number of alkyl halides is 24. The molecule has 0 saturated heterocycles. The number of aromatic nitrogens is 1. The molecule has 0 fully saturated rings. The van der Waals surface area contributed by atoms with Crippen molar-refractivity contribution >= 4 is 28.0 Å². The summed E-state index contributed by atoms with van der Waals surface area (Å²) in [5.74, 6) is 0. The number of hydrogen-bond donors (Lipinski definition) is 0. The number of pyridine rings is 1. The first-order valence-corrected chi connectivity index (χ1v) is 20.7. The molecule has 5 aromatic carbocycles. The van der Waals surface area contributed by atoms with Crippen LogP contribution in [0.4, 0.5) is 105 Å². The summed E-state index contributed by atoms with van der Waals surface area (Å²) in [7, 11) is 0. The third kappa shape index (κ3) is 13.7. The van der Waals surface area contributed by atoms with E-state index in [-0.39, 0.29) is 5.41 Å². The van der Waals surface area contributed by atoms with Crippen molar-refractivity contribution in [2.45, 2.75) is 82.1 Å². The zero-order valence-electron chi connectivity index (χ0n) is 37.4. The number of halogens is 24. The molecule has 74 heavy (non-hydrogen) atoms. The van der Waals surface area contributed by atoms with Gasteiger partial charge in [0, 0.05) is 17.7 Å². The Morgan fingerprint density at radius 3 is 0.703 bits per heavy atom. The molecule has 1 aromatic heterocycles. The summed E-state index contributed by atoms with van der Waals surface area (Å²) in [6.07, 6.45) is -50.5. The van der Waals surface area contributed by atoms with E-state index in [0.29, 0.717) is 0 Å². The molecule has 0 atom stereocenters. The molecule has 0 N–H and O–H groups in total. The minimum Gasteiger partial charge on any atom is -0.201 e. The maximum atomic E-state index is 14.2. The molecule has 0 saturated carbocycles. The van der Waals surface area contributed by atoms with Crippen LogP contribution in [0.2, 0.25) is 0 Å². The Kier molecular flexibility index (Phi) is 15.6. The summed E-state index contributed by atoms with van der Waals surface area (Å²) in [6, 6.07) is 6.14. The van der Waals surface area contributed by atoms with Gasteiger partial charge in [-0.2, -0.15) is 127 Å². The van der Waals surface area contributed by atoms with Gasteiger partial charge in [0.2, 0.25) is 0 Å². The lowest BCUT2D eigenvalue weighted by molar-refractivity contribution is -0.688. The van der Waals surface area contributed by atoms with Crippen molar-refractivity contribution in [1.82, 2.24) is 0 Å². The summed E-state index contributed by atoms with van der Waals surface area (Å²) in [5, 5.41) is 0. The summed E-state index contributed by atoms with van der Waals surface area (Å²) < 4.78 is 343. The molecule has 0 aliphatic rings. The van der Waals surface area contributed by atoms with Crippen LogP contribution in [0.1, 0.15) is 76.4 Å². The summed E-state index contributed by atoms with van der Waals surface area (Å²) >= 11 is 0. The lowest BCUT2D eigenvalue weighted by atomic mass is 9.12. The fourth-order valence-electron chi connectivity index (χ4n) is 7.93. The highest BCUT2D eigenvalue weighted by atomic mass is 19.4. The van der Waals surface area contributed by atoms with Gasteiger partial charge in [-0.05, 0) is 35.2 Å². The number of benzene rings is 5. The van der Waals surface area contributed by atoms with Crippen LogP contribution >= 0.6 is 0 Å². The van der Waals surface area contributed by atoms with E-state index < -0.39 is 195 Å². The van der Waals surface area contributed by atoms with E-state index in [1.54, 1.807) is 0 Å². The van der Waals surface area contributed by atoms with E-state index >= 15 is 0 Å². The third-order valence-corrected chi connectivity index (χ3v) is 11.4. The summed E-state index contributed by atoms with van der Waals surface area (Å²) in [4.78, 5) is 0. The van der Waals surface area contributed by atoms with Crippen molar-refractivity contribution in [3.63, 3.8) is 0 Å². The van der Waals surface area contributed by atoms with Crippen LogP contribution in [0, 0.1) is 0 Å². The van der Waals surface area contributed by atoms with Crippen molar-refractivity contribution < 1.29 is 110 Å². The lowest BCUT2D eigenvalue weighted by Gasteiger charge is -2.46. The fraction of sp³-hybridized carbons (Fsp3) is 0.271. The van der Waals surface area contributed by atoms with Gasteiger partial charge in [-0.15, -0.1) is 0 Å². The molecule has 0 aliphatic heterocycles. The topological polar surface area (TPSA) is 3.88 Å². The van der Waals surface area contributed by atoms with E-state index in [2.05, 4.69) is 80.2 Å². The second-order valence-corrected chi connectivity index (χ2v) is 17.7. The second-order valence-electron chi connectivity index (χ2n) is 17.7. The number of hydrogen-bond acceptors (Lipinski definition) is 0. The molecule has 400 valence electrons. The van der Waals surface area contributed by atoms with Gasteiger partial charge in [0.15, 0.2) is 18.9 Å². The maximum absolute atomic E-state index is 14.2. The largest absolute Gasteiger partial charge is 0.416 e. The molecular formula is C48H32BF24N. The molecule has 1 heterocycles. The molecule has 0 aliphatic carbocycles. The Morgan fingerprint density at radius 2 is 0.514 bits per heavy atom. The average molecular weight is 1090 g/mol. The highest BCUT2D eigenvalue weighted by molar-refractivity contribution is 7.20. The smallest absolute Gasteiger partial charge is 0.201 e. The van der Waals surface area contributed by atoms with Crippen molar-refractivity contribution in [2.24, 2.45) is 0 Å². The van der Waals surface area contributed by atoms with E-state index in [1.807, 2.05) is 0 Å². The van der Waals surface area contributed by atoms with E-state index in [4.69, 9.17) is 0 Å². The highest BCUT2D eigenvalue weighted by Gasteiger charge is 2.47. The predicted molar refractivity (Wildman–Crippen MR) is 221 cm³/mol. The van der Waals surface area contributed by atoms with E-state index in [1.165, 1.54) is 11.1 Å². The van der Waals surface area contributed by atoms with Gasteiger partial charge in [0.25, 0.3) is 0 Å². The Labute approximate surface area is 403 Å². The first kappa shape index (κ1) is 58.5. The zero-order valence-corrected chi connectivity index (χ0v) is 37.4. The van der Waals surface area contributed by atoms with Crippen LogP contribution in [-0.2, 0) is 61.4 Å². The molecule has 0 spiro atoms. The average Bonchev–Trinajstić information content (AvgIpc) is 3.24. The number of nitrogens with zero attached hydrogens (tertiary/aromatic N) is 1. The highest BCUT2D eigenvalue weighted by Crippen LogP contribution is 2.41. The van der Waals surface area contributed by atoms with Crippen LogP contribution in [-0.4, -0.2) is 6.15 Å². The molecule has 0 radical (unpaired) electrons. The Morgan fingerprint density at radius 1 is 0.297 bits per heavy atom. The number of rotatable bonds is 6. The molecule has 6 rings (SSSR count). The van der Waals surface area contributed by atoms with Gasteiger partial charge in [-0.3, -0.25) is 0 Å². The van der Waals surface area contributed by atoms with Gasteiger partial charge in [0.05, 0.1) is 44.5 Å². The minimum atomic E-state index is -6.13. The van der Waals surface area contributed by atoms with Gasteiger partial charge >= 0.3 is 49.4 Å². The summed E-state index contributed by atoms with van der Waals surface area (Å²) in [5.41, 5.74) is -27.3. The molecular weight excluding hydrogens is 1060 g/mol. The SMILES string of the molecule is CC(C)(C)c1cc[n+](Cc2ccccc2)cc1.FC(F)(F)c1cc([B-](c2cc(C(F)(F)F)cc(C(F)(F)F)c2)(c2cc(C(F)(F)F)cc(C(F)(F)F)c2)c2cc(C(F)(F)F)cc(C(F)(F)F)c2)cc(C(F)(F)F)c1. The van der Waals surface area contributed by atoms with Crippen LogP contribution in [0.5, 0.6) is 0 Å². The monoisotopic (exact) mass is 1090 g/mol. The predicted octanol–water partition coefficient (Wildman–Crippen LogP) is 14.5. The molecule has 26 heteroatoms. The quantitative estimate of drug-likeness (QED) is 0.0889. The zero-order chi connectivity index (χ0) is 56.2. The Balaban J connectivity index is 0.000000500. The van der Waals surface area contributed by atoms with Crippen molar-refractivity contribution in [3.8, 4) is 0 Å². The molecule has 0 unspecified atom stereocenters. The van der Waals surface area contributed by atoms with E-state index in [0.717, 1.165) is 6.54 Å². The molecule has 0 amide bonds. The van der Waals surface area contributed by atoms with Crippen molar-refractivity contribution in [2.75, 3.05) is 0 Å². The van der Waals surface area contributed by atoms with Gasteiger partial charge in [-0.25, -0.2) is 4.57 Å². The van der Waals surface area contributed by atoms with Gasteiger partial charge in [0.1, 0.15) is 6.15 Å². The first-order valence-electron chi connectivity index (χ1n) is 20.7. The molecule has 1 nitrogen and oxygen atoms in total. The fourth-order valence-corrected chi connectivity index (χ4v) is 7.93. The maximum Gasteiger partial charge on any atom is 0.416 e. The third-order valence-electron chi connectivity index (χ3n) is 11.4. The molecule has 6 aromatic rings. The normalized spacial score (nSPS) is 13.7. The van der Waals surface area contributed by atoms with E-state index in [9.17, 15) is 105 Å². The van der Waals surface area contributed by atoms with Crippen molar-refractivity contribution in [1.29, 1.82) is 0 Å². The summed E-state index contributed by atoms with van der Waals surface area (Å²) in [6.45, 7) is 7.66. The van der Waals surface area contributed by atoms with Gasteiger partial charge < -0.3 is 0 Å².